The summed E-state index contributed by atoms with van der Waals surface area (Å²) >= 11 is 1.28. The zero-order chi connectivity index (χ0) is 25.4. The van der Waals surface area contributed by atoms with Crippen LogP contribution in [0.25, 0.3) is 17.0 Å². The number of aliphatic imine (C=N–C) groups is 1. The van der Waals surface area contributed by atoms with E-state index in [4.69, 9.17) is 0 Å². The number of nitrogens with one attached hydrogen (secondary N) is 1. The number of alkyl halides is 3. The molecule has 36 heavy (non-hydrogen) atoms. The summed E-state index contributed by atoms with van der Waals surface area (Å²) in [7, 11) is 0. The molecule has 1 saturated heterocycles. The number of phenolic OH excluding ortho intramolecular Hbond substituents is 1. The summed E-state index contributed by atoms with van der Waals surface area (Å²) in [4.78, 5) is 19.1. The molecule has 2 aliphatic rings. The second-order valence-corrected chi connectivity index (χ2v) is 9.56. The first-order chi connectivity index (χ1) is 17.2. The van der Waals surface area contributed by atoms with E-state index in [1.807, 2.05) is 11.0 Å². The van der Waals surface area contributed by atoms with E-state index in [0.29, 0.717) is 46.7 Å². The van der Waals surface area contributed by atoms with Crippen molar-refractivity contribution < 1.29 is 28.2 Å². The molecule has 0 saturated carbocycles. The first-order valence-electron chi connectivity index (χ1n) is 11.2. The second kappa shape index (κ2) is 9.60. The number of fused-ring (bicyclic) bond motifs is 1. The Balaban J connectivity index is 1.35. The Morgan fingerprint density at radius 3 is 2.83 bits per heavy atom. The number of aromatic nitrogens is 2. The molecular formula is C24H22F3N5O3S. The summed E-state index contributed by atoms with van der Waals surface area (Å²) in [6, 6.07) is 8.43. The smallest absolute Gasteiger partial charge is 0.416 e. The summed E-state index contributed by atoms with van der Waals surface area (Å²) in [5.74, 6) is -0.789. The fraction of sp³-hybridized carbons (Fsp3) is 0.292. The summed E-state index contributed by atoms with van der Waals surface area (Å²) < 4.78 is 41.8. The minimum absolute atomic E-state index is 0.00302. The van der Waals surface area contributed by atoms with Crippen molar-refractivity contribution >= 4 is 39.8 Å². The van der Waals surface area contributed by atoms with Gasteiger partial charge in [0.2, 0.25) is 0 Å². The quantitative estimate of drug-likeness (QED) is 0.457. The van der Waals surface area contributed by atoms with E-state index >= 15 is 0 Å². The van der Waals surface area contributed by atoms with Crippen LogP contribution in [0.1, 0.15) is 16.7 Å². The number of aliphatic hydroxyl groups excluding tert-OH is 1. The molecule has 188 valence electrons. The van der Waals surface area contributed by atoms with Gasteiger partial charge in [0.1, 0.15) is 5.75 Å². The molecule has 8 nitrogen and oxygen atoms in total. The molecule has 3 N–H and O–H groups in total. The van der Waals surface area contributed by atoms with Crippen molar-refractivity contribution in [3.63, 3.8) is 0 Å². The van der Waals surface area contributed by atoms with E-state index in [9.17, 15) is 28.2 Å². The molecule has 2 aromatic carbocycles. The zero-order valence-corrected chi connectivity index (χ0v) is 19.7. The van der Waals surface area contributed by atoms with Crippen molar-refractivity contribution in [3.05, 3.63) is 64.2 Å². The van der Waals surface area contributed by atoms with Crippen molar-refractivity contribution in [3.8, 4) is 5.75 Å². The van der Waals surface area contributed by atoms with Crippen LogP contribution in [0.15, 0.2) is 52.5 Å². The molecule has 12 heteroatoms. The van der Waals surface area contributed by atoms with Gasteiger partial charge in [-0.15, -0.1) is 0 Å². The number of amides is 1. The summed E-state index contributed by atoms with van der Waals surface area (Å²) in [5, 5.41) is 27.7. The number of aliphatic hydroxyl groups is 1. The lowest BCUT2D eigenvalue weighted by Crippen LogP contribution is -2.53. The molecule has 1 atom stereocenters. The zero-order valence-electron chi connectivity index (χ0n) is 18.9. The molecule has 3 heterocycles. The minimum atomic E-state index is -4.60. The van der Waals surface area contributed by atoms with Crippen LogP contribution < -0.4 is 5.32 Å². The van der Waals surface area contributed by atoms with Crippen molar-refractivity contribution in [1.82, 2.24) is 20.0 Å². The third kappa shape index (κ3) is 4.97. The molecule has 1 amide bonds. The summed E-state index contributed by atoms with van der Waals surface area (Å²) in [6.07, 6.45) is -1.31. The number of phenols is 1. The van der Waals surface area contributed by atoms with E-state index in [1.165, 1.54) is 28.6 Å². The number of hydrogen-bond donors (Lipinski definition) is 3. The average Bonchev–Trinajstić information content (AvgIpc) is 3.42. The predicted octanol–water partition coefficient (Wildman–Crippen LogP) is 3.05. The van der Waals surface area contributed by atoms with E-state index in [-0.39, 0.29) is 30.7 Å². The predicted molar refractivity (Wildman–Crippen MR) is 130 cm³/mol. The maximum atomic E-state index is 13.4. The Labute approximate surface area is 208 Å². The number of carbonyl (C=O) groups is 1. The number of amidine groups is 1. The first kappa shape index (κ1) is 24.3. The molecule has 0 unspecified atom stereocenters. The molecule has 2 aliphatic heterocycles. The van der Waals surface area contributed by atoms with E-state index in [2.05, 4.69) is 15.4 Å². The number of aromatic hydroxyl groups is 1. The van der Waals surface area contributed by atoms with E-state index in [1.54, 1.807) is 24.4 Å². The van der Waals surface area contributed by atoms with Gasteiger partial charge in [0.15, 0.2) is 5.17 Å². The number of hydrogen-bond acceptors (Lipinski definition) is 7. The van der Waals surface area contributed by atoms with Crippen molar-refractivity contribution in [2.45, 2.75) is 18.8 Å². The largest absolute Gasteiger partial charge is 0.508 e. The van der Waals surface area contributed by atoms with Crippen LogP contribution in [-0.2, 0) is 17.5 Å². The van der Waals surface area contributed by atoms with Crippen molar-refractivity contribution in [2.75, 3.05) is 26.2 Å². The SMILES string of the molecule is O=C1N=C(N2CCN[C@@H](CO)C2)SC1=Cc1ccc2c(cnn2Cc2ccc(O)cc2C(F)(F)F)c1. The maximum absolute atomic E-state index is 13.4. The molecule has 0 bridgehead atoms. The van der Waals surface area contributed by atoms with Gasteiger partial charge in [0.25, 0.3) is 5.91 Å². The molecular weight excluding hydrogens is 495 g/mol. The van der Waals surface area contributed by atoms with E-state index in [0.717, 1.165) is 5.56 Å². The average molecular weight is 518 g/mol. The van der Waals surface area contributed by atoms with Gasteiger partial charge in [0.05, 0.1) is 35.3 Å². The molecule has 5 rings (SSSR count). The number of rotatable bonds is 4. The Morgan fingerprint density at radius 1 is 1.22 bits per heavy atom. The van der Waals surface area contributed by atoms with Gasteiger partial charge in [-0.2, -0.15) is 23.3 Å². The number of halogens is 3. The van der Waals surface area contributed by atoms with E-state index < -0.39 is 17.5 Å². The number of thioether (sulfide) groups is 1. The molecule has 0 spiro atoms. The molecule has 3 aromatic rings. The number of benzene rings is 2. The van der Waals surface area contributed by atoms with Crippen molar-refractivity contribution in [2.24, 2.45) is 4.99 Å². The van der Waals surface area contributed by atoms with Crippen LogP contribution in [0.4, 0.5) is 13.2 Å². The molecule has 0 aliphatic carbocycles. The summed E-state index contributed by atoms with van der Waals surface area (Å²) in [5.41, 5.74) is 0.459. The monoisotopic (exact) mass is 517 g/mol. The lowest BCUT2D eigenvalue weighted by Gasteiger charge is -2.33. The van der Waals surface area contributed by atoms with Crippen LogP contribution >= 0.6 is 11.8 Å². The van der Waals surface area contributed by atoms with Crippen LogP contribution in [0.2, 0.25) is 0 Å². The van der Waals surface area contributed by atoms with Gasteiger partial charge in [0, 0.05) is 31.1 Å². The number of carbonyl (C=O) groups excluding carboxylic acids is 1. The Kier molecular flexibility index (Phi) is 6.49. The van der Waals surface area contributed by atoms with Gasteiger partial charge in [-0.05, 0) is 53.2 Å². The first-order valence-corrected chi connectivity index (χ1v) is 12.0. The van der Waals surface area contributed by atoms with Gasteiger partial charge in [-0.25, -0.2) is 0 Å². The normalized spacial score (nSPS) is 19.9. The van der Waals surface area contributed by atoms with Crippen LogP contribution in [-0.4, -0.2) is 68.3 Å². The minimum Gasteiger partial charge on any atom is -0.508 e. The van der Waals surface area contributed by atoms with Crippen LogP contribution in [0.5, 0.6) is 5.75 Å². The fourth-order valence-electron chi connectivity index (χ4n) is 4.26. The molecule has 0 radical (unpaired) electrons. The fourth-order valence-corrected chi connectivity index (χ4v) is 5.20. The van der Waals surface area contributed by atoms with Gasteiger partial charge >= 0.3 is 6.18 Å². The third-order valence-electron chi connectivity index (χ3n) is 6.04. The topological polar surface area (TPSA) is 103 Å². The number of piperazine rings is 1. The van der Waals surface area contributed by atoms with Gasteiger partial charge in [-0.3, -0.25) is 9.48 Å². The Morgan fingerprint density at radius 2 is 2.06 bits per heavy atom. The van der Waals surface area contributed by atoms with Gasteiger partial charge in [-0.1, -0.05) is 12.1 Å². The highest BCUT2D eigenvalue weighted by Crippen LogP contribution is 2.35. The highest BCUT2D eigenvalue weighted by molar-refractivity contribution is 8.18. The van der Waals surface area contributed by atoms with Crippen LogP contribution in [0, 0.1) is 0 Å². The third-order valence-corrected chi connectivity index (χ3v) is 7.08. The molecule has 1 fully saturated rings. The number of nitrogens with zero attached hydrogens (tertiary/aromatic N) is 4. The van der Waals surface area contributed by atoms with Gasteiger partial charge < -0.3 is 20.4 Å². The molecule has 1 aromatic heterocycles. The standard InChI is InChI=1S/C24H22F3N5O3S/c25-24(26,27)19-9-18(34)3-2-15(19)11-32-20-4-1-14(7-16(20)10-29-32)8-21-22(35)30-23(36-21)31-6-5-28-17(12-31)13-33/h1-4,7-10,17,28,33-34H,5-6,11-13H2/t17-/m1/s1. The van der Waals surface area contributed by atoms with Crippen molar-refractivity contribution in [1.29, 1.82) is 0 Å². The Hall–Kier alpha value is -3.35. The summed E-state index contributed by atoms with van der Waals surface area (Å²) in [6.45, 7) is 1.82. The van der Waals surface area contributed by atoms with Crippen LogP contribution in [0.3, 0.4) is 0 Å². The lowest BCUT2D eigenvalue weighted by molar-refractivity contribution is -0.138. The Bertz CT molecular complexity index is 1390. The second-order valence-electron chi connectivity index (χ2n) is 8.55. The highest BCUT2D eigenvalue weighted by Gasteiger charge is 2.34. The lowest BCUT2D eigenvalue weighted by atomic mass is 10.1. The highest BCUT2D eigenvalue weighted by atomic mass is 32.2. The maximum Gasteiger partial charge on any atom is 0.416 e.